The van der Waals surface area contributed by atoms with E-state index in [4.69, 9.17) is 5.73 Å². The normalized spacial score (nSPS) is 11.8. The smallest absolute Gasteiger partial charge is 0.241 e. The minimum atomic E-state index is -3.49. The van der Waals surface area contributed by atoms with Gasteiger partial charge in [0.1, 0.15) is 0 Å². The molecule has 0 aromatic heterocycles. The zero-order valence-corrected chi connectivity index (χ0v) is 12.4. The molecule has 4 nitrogen and oxygen atoms in total. The molecule has 0 spiro atoms. The average molecular weight is 292 g/mol. The number of fused-ring (bicyclic) bond motifs is 1. The molecule has 20 heavy (non-hydrogen) atoms. The maximum Gasteiger partial charge on any atom is 0.241 e. The van der Waals surface area contributed by atoms with Crippen LogP contribution in [0.2, 0.25) is 0 Å². The third-order valence-corrected chi connectivity index (χ3v) is 4.80. The van der Waals surface area contributed by atoms with Gasteiger partial charge in [0.15, 0.2) is 0 Å². The molecule has 3 N–H and O–H groups in total. The highest BCUT2D eigenvalue weighted by Gasteiger charge is 2.16. The Kier molecular flexibility index (Phi) is 4.62. The topological polar surface area (TPSA) is 72.2 Å². The number of sulfonamides is 1. The first-order valence-electron chi connectivity index (χ1n) is 6.83. The first-order valence-corrected chi connectivity index (χ1v) is 8.31. The van der Waals surface area contributed by atoms with Crippen LogP contribution >= 0.6 is 0 Å². The van der Waals surface area contributed by atoms with E-state index in [1.807, 2.05) is 6.07 Å². The summed E-state index contributed by atoms with van der Waals surface area (Å²) in [4.78, 5) is 0.291. The first kappa shape index (κ1) is 14.8. The molecular weight excluding hydrogens is 272 g/mol. The average Bonchev–Trinajstić information content (AvgIpc) is 2.43. The number of anilines is 1. The van der Waals surface area contributed by atoms with Gasteiger partial charge in [-0.3, -0.25) is 0 Å². The van der Waals surface area contributed by atoms with Gasteiger partial charge in [0.25, 0.3) is 0 Å². The van der Waals surface area contributed by atoms with Gasteiger partial charge in [0.2, 0.25) is 10.0 Å². The van der Waals surface area contributed by atoms with Crippen LogP contribution in [-0.2, 0) is 10.0 Å². The number of hydrogen-bond donors (Lipinski definition) is 2. The Balaban J connectivity index is 2.35. The van der Waals surface area contributed by atoms with E-state index in [0.29, 0.717) is 22.5 Å². The van der Waals surface area contributed by atoms with E-state index in [1.54, 1.807) is 30.3 Å². The molecule has 0 aliphatic rings. The van der Waals surface area contributed by atoms with Gasteiger partial charge >= 0.3 is 0 Å². The Morgan fingerprint density at radius 1 is 1.05 bits per heavy atom. The summed E-state index contributed by atoms with van der Waals surface area (Å²) in [5.41, 5.74) is 6.48. The second-order valence-corrected chi connectivity index (χ2v) is 6.54. The molecule has 0 atom stereocenters. The summed E-state index contributed by atoms with van der Waals surface area (Å²) in [5, 5.41) is 1.43. The van der Waals surface area contributed by atoms with Gasteiger partial charge in [-0.05, 0) is 18.6 Å². The lowest BCUT2D eigenvalue weighted by Gasteiger charge is -2.10. The Labute approximate surface area is 120 Å². The molecule has 5 heteroatoms. The minimum absolute atomic E-state index is 0.291. The van der Waals surface area contributed by atoms with E-state index >= 15 is 0 Å². The zero-order valence-electron chi connectivity index (χ0n) is 11.6. The van der Waals surface area contributed by atoms with Gasteiger partial charge < -0.3 is 5.73 Å². The lowest BCUT2D eigenvalue weighted by molar-refractivity contribution is 0.577. The maximum atomic E-state index is 12.4. The van der Waals surface area contributed by atoms with Gasteiger partial charge in [-0.1, -0.05) is 44.0 Å². The molecule has 2 aromatic carbocycles. The van der Waals surface area contributed by atoms with Gasteiger partial charge in [-0.15, -0.1) is 0 Å². The molecule has 0 fully saturated rings. The minimum Gasteiger partial charge on any atom is -0.398 e. The van der Waals surface area contributed by atoms with Crippen LogP contribution in [0.4, 0.5) is 5.69 Å². The molecule has 0 aliphatic carbocycles. The van der Waals surface area contributed by atoms with Crippen molar-refractivity contribution in [3.63, 3.8) is 0 Å². The van der Waals surface area contributed by atoms with Crippen molar-refractivity contribution in [3.05, 3.63) is 36.4 Å². The molecule has 2 aromatic rings. The molecule has 108 valence electrons. The summed E-state index contributed by atoms with van der Waals surface area (Å²) >= 11 is 0. The second-order valence-electron chi connectivity index (χ2n) is 4.80. The Morgan fingerprint density at radius 2 is 1.75 bits per heavy atom. The molecule has 0 saturated heterocycles. The zero-order chi connectivity index (χ0) is 14.6. The molecule has 0 saturated carbocycles. The lowest BCUT2D eigenvalue weighted by Crippen LogP contribution is -2.25. The van der Waals surface area contributed by atoms with E-state index in [9.17, 15) is 8.42 Å². The molecule has 0 amide bonds. The van der Waals surface area contributed by atoms with E-state index in [2.05, 4.69) is 11.6 Å². The van der Waals surface area contributed by atoms with Crippen LogP contribution in [0, 0.1) is 0 Å². The van der Waals surface area contributed by atoms with Crippen LogP contribution in [-0.4, -0.2) is 15.0 Å². The van der Waals surface area contributed by atoms with Crippen molar-refractivity contribution < 1.29 is 8.42 Å². The fourth-order valence-electron chi connectivity index (χ4n) is 2.20. The van der Waals surface area contributed by atoms with Crippen LogP contribution in [0.5, 0.6) is 0 Å². The number of nitrogens with one attached hydrogen (secondary N) is 1. The predicted molar refractivity (Wildman–Crippen MR) is 83.1 cm³/mol. The summed E-state index contributed by atoms with van der Waals surface area (Å²) in [7, 11) is -3.49. The Morgan fingerprint density at radius 3 is 2.50 bits per heavy atom. The number of nitrogen functional groups attached to an aromatic ring is 1. The standard InChI is InChI=1S/C15H20N2O2S/c1-2-3-4-11-17-20(18,19)15-10-6-7-12-13(15)8-5-9-14(12)16/h5-10,17H,2-4,11,16H2,1H3. The quantitative estimate of drug-likeness (QED) is 0.635. The van der Waals surface area contributed by atoms with Crippen molar-refractivity contribution in [1.29, 1.82) is 0 Å². The predicted octanol–water partition coefficient (Wildman–Crippen LogP) is 2.89. The van der Waals surface area contributed by atoms with E-state index in [-0.39, 0.29) is 0 Å². The van der Waals surface area contributed by atoms with Crippen molar-refractivity contribution in [3.8, 4) is 0 Å². The van der Waals surface area contributed by atoms with Crippen LogP contribution in [0.1, 0.15) is 26.2 Å². The van der Waals surface area contributed by atoms with Crippen LogP contribution < -0.4 is 10.5 Å². The molecular formula is C15H20N2O2S. The first-order chi connectivity index (χ1) is 9.56. The van der Waals surface area contributed by atoms with Crippen LogP contribution in [0.15, 0.2) is 41.3 Å². The van der Waals surface area contributed by atoms with E-state index in [0.717, 1.165) is 24.6 Å². The molecule has 0 heterocycles. The third-order valence-electron chi connectivity index (χ3n) is 3.28. The highest BCUT2D eigenvalue weighted by molar-refractivity contribution is 7.89. The molecule has 0 bridgehead atoms. The summed E-state index contributed by atoms with van der Waals surface area (Å²) in [6.45, 7) is 2.55. The van der Waals surface area contributed by atoms with Crippen molar-refractivity contribution in [2.24, 2.45) is 0 Å². The van der Waals surface area contributed by atoms with Crippen molar-refractivity contribution in [2.75, 3.05) is 12.3 Å². The van der Waals surface area contributed by atoms with Gasteiger partial charge in [0, 0.05) is 23.0 Å². The van der Waals surface area contributed by atoms with Gasteiger partial charge in [-0.2, -0.15) is 0 Å². The second kappa shape index (κ2) is 6.24. The van der Waals surface area contributed by atoms with E-state index in [1.165, 1.54) is 0 Å². The fraction of sp³-hybridized carbons (Fsp3) is 0.333. The maximum absolute atomic E-state index is 12.4. The molecule has 0 radical (unpaired) electrons. The largest absolute Gasteiger partial charge is 0.398 e. The number of hydrogen-bond acceptors (Lipinski definition) is 3. The summed E-state index contributed by atoms with van der Waals surface area (Å²) in [6, 6.07) is 10.5. The Hall–Kier alpha value is -1.59. The van der Waals surface area contributed by atoms with Crippen molar-refractivity contribution >= 4 is 26.5 Å². The van der Waals surface area contributed by atoms with Gasteiger partial charge in [-0.25, -0.2) is 13.1 Å². The fourth-order valence-corrected chi connectivity index (χ4v) is 3.49. The lowest BCUT2D eigenvalue weighted by atomic mass is 10.1. The summed E-state index contributed by atoms with van der Waals surface area (Å²) in [5.74, 6) is 0. The van der Waals surface area contributed by atoms with Crippen LogP contribution in [0.25, 0.3) is 10.8 Å². The number of unbranched alkanes of at least 4 members (excludes halogenated alkanes) is 2. The third kappa shape index (κ3) is 3.11. The molecule has 2 rings (SSSR count). The highest BCUT2D eigenvalue weighted by atomic mass is 32.2. The van der Waals surface area contributed by atoms with Gasteiger partial charge in [0.05, 0.1) is 4.90 Å². The number of nitrogens with two attached hydrogens (primary N) is 1. The van der Waals surface area contributed by atoms with Crippen LogP contribution in [0.3, 0.4) is 0 Å². The SMILES string of the molecule is CCCCCNS(=O)(=O)c1cccc2c(N)cccc12. The molecule has 0 unspecified atom stereocenters. The number of benzene rings is 2. The Bertz CT molecular complexity index is 696. The molecule has 0 aliphatic heterocycles. The van der Waals surface area contributed by atoms with Crippen molar-refractivity contribution in [2.45, 2.75) is 31.1 Å². The van der Waals surface area contributed by atoms with Crippen molar-refractivity contribution in [1.82, 2.24) is 4.72 Å². The summed E-state index contributed by atoms with van der Waals surface area (Å²) < 4.78 is 27.4. The van der Waals surface area contributed by atoms with E-state index < -0.39 is 10.0 Å². The monoisotopic (exact) mass is 292 g/mol. The number of rotatable bonds is 6. The highest BCUT2D eigenvalue weighted by Crippen LogP contribution is 2.26. The summed E-state index contributed by atoms with van der Waals surface area (Å²) in [6.07, 6.45) is 2.93.